The number of benzene rings is 1. The lowest BCUT2D eigenvalue weighted by molar-refractivity contribution is 0.339. The fraction of sp³-hybridized carbons (Fsp3) is 0.167. The molecular formula is C12H11ClN4O. The van der Waals surface area contributed by atoms with Gasteiger partial charge in [0.05, 0.1) is 6.04 Å². The molecule has 1 aliphatic heterocycles. The van der Waals surface area contributed by atoms with Gasteiger partial charge in [-0.2, -0.15) is 0 Å². The second-order valence-corrected chi connectivity index (χ2v) is 4.35. The molecule has 2 heterocycles. The molecule has 1 aromatic heterocycles. The van der Waals surface area contributed by atoms with Crippen LogP contribution >= 0.6 is 11.6 Å². The summed E-state index contributed by atoms with van der Waals surface area (Å²) in [5, 5.41) is 3.55. The van der Waals surface area contributed by atoms with Crippen molar-refractivity contribution in [3.8, 4) is 5.75 Å². The highest BCUT2D eigenvalue weighted by molar-refractivity contribution is 6.35. The third-order valence-corrected chi connectivity index (χ3v) is 3.20. The van der Waals surface area contributed by atoms with E-state index in [1.165, 1.54) is 6.33 Å². The minimum atomic E-state index is 0.0213. The Kier molecular flexibility index (Phi) is 2.68. The molecule has 0 radical (unpaired) electrons. The molecule has 1 unspecified atom stereocenters. The topological polar surface area (TPSA) is 73.1 Å². The average Bonchev–Trinajstić information content (AvgIpc) is 2.79. The highest BCUT2D eigenvalue weighted by Crippen LogP contribution is 2.35. The molecule has 1 atom stereocenters. The Labute approximate surface area is 109 Å². The normalized spacial score (nSPS) is 17.1. The minimum Gasteiger partial charge on any atom is -0.491 e. The molecule has 0 aliphatic carbocycles. The first-order valence-corrected chi connectivity index (χ1v) is 5.87. The molecule has 2 aromatic rings. The number of nitrogen functional groups attached to an aromatic ring is 1. The van der Waals surface area contributed by atoms with Crippen LogP contribution in [0, 0.1) is 0 Å². The maximum Gasteiger partial charge on any atom is 0.151 e. The van der Waals surface area contributed by atoms with Crippen LogP contribution in [0.2, 0.25) is 5.02 Å². The van der Waals surface area contributed by atoms with Crippen molar-refractivity contribution in [3.63, 3.8) is 0 Å². The molecule has 3 N–H and O–H groups in total. The van der Waals surface area contributed by atoms with Gasteiger partial charge >= 0.3 is 0 Å². The number of hydrogen-bond donors (Lipinski definition) is 2. The number of anilines is 2. The maximum atomic E-state index is 6.05. The van der Waals surface area contributed by atoms with Crippen molar-refractivity contribution in [2.45, 2.75) is 6.04 Å². The smallest absolute Gasteiger partial charge is 0.151 e. The van der Waals surface area contributed by atoms with Crippen LogP contribution in [-0.4, -0.2) is 16.6 Å². The lowest BCUT2D eigenvalue weighted by Gasteiger charge is -2.13. The van der Waals surface area contributed by atoms with Gasteiger partial charge in [0.1, 0.15) is 29.5 Å². The summed E-state index contributed by atoms with van der Waals surface area (Å²) in [7, 11) is 0. The van der Waals surface area contributed by atoms with Gasteiger partial charge in [0.2, 0.25) is 0 Å². The summed E-state index contributed by atoms with van der Waals surface area (Å²) < 4.78 is 5.57. The Bertz CT molecular complexity index is 590. The summed E-state index contributed by atoms with van der Waals surface area (Å²) in [6.45, 7) is 0.541. The van der Waals surface area contributed by atoms with E-state index in [1.807, 2.05) is 24.3 Å². The third kappa shape index (κ3) is 1.82. The molecule has 18 heavy (non-hydrogen) atoms. The fourth-order valence-corrected chi connectivity index (χ4v) is 2.08. The first kappa shape index (κ1) is 11.1. The van der Waals surface area contributed by atoms with E-state index in [4.69, 9.17) is 22.1 Å². The zero-order valence-corrected chi connectivity index (χ0v) is 10.2. The Hall–Kier alpha value is -2.01. The molecule has 0 fully saturated rings. The van der Waals surface area contributed by atoms with E-state index in [-0.39, 0.29) is 11.9 Å². The standard InChI is InChI=1S/C12H11ClN4O/c13-10-11(14)15-6-16-12(10)17-8-5-18-9-4-2-1-3-7(8)9/h1-4,6,8H,5H2,(H3,14,15,16,17). The summed E-state index contributed by atoms with van der Waals surface area (Å²) in [5.41, 5.74) is 6.72. The van der Waals surface area contributed by atoms with E-state index in [0.29, 0.717) is 17.4 Å². The van der Waals surface area contributed by atoms with Gasteiger partial charge in [-0.3, -0.25) is 0 Å². The van der Waals surface area contributed by atoms with Gasteiger partial charge in [-0.15, -0.1) is 0 Å². The van der Waals surface area contributed by atoms with Gasteiger partial charge in [-0.1, -0.05) is 29.8 Å². The predicted octanol–water partition coefficient (Wildman–Crippen LogP) is 2.26. The fourth-order valence-electron chi connectivity index (χ4n) is 1.93. The number of rotatable bonds is 2. The predicted molar refractivity (Wildman–Crippen MR) is 69.8 cm³/mol. The largest absolute Gasteiger partial charge is 0.491 e. The summed E-state index contributed by atoms with van der Waals surface area (Å²) in [4.78, 5) is 7.91. The molecule has 1 aliphatic rings. The quantitative estimate of drug-likeness (QED) is 0.868. The molecule has 6 heteroatoms. The van der Waals surface area contributed by atoms with Crippen molar-refractivity contribution < 1.29 is 4.74 Å². The summed E-state index contributed by atoms with van der Waals surface area (Å²) in [6, 6.07) is 7.88. The van der Waals surface area contributed by atoms with Gasteiger partial charge in [0, 0.05) is 5.56 Å². The lowest BCUT2D eigenvalue weighted by atomic mass is 10.1. The molecule has 0 spiro atoms. The summed E-state index contributed by atoms with van der Waals surface area (Å²) in [5.74, 6) is 1.67. The second-order valence-electron chi connectivity index (χ2n) is 3.97. The van der Waals surface area contributed by atoms with Gasteiger partial charge in [-0.25, -0.2) is 9.97 Å². The van der Waals surface area contributed by atoms with E-state index >= 15 is 0 Å². The SMILES string of the molecule is Nc1ncnc(NC2COc3ccccc32)c1Cl. The van der Waals surface area contributed by atoms with E-state index in [9.17, 15) is 0 Å². The van der Waals surface area contributed by atoms with Gasteiger partial charge in [-0.05, 0) is 6.07 Å². The first-order valence-electron chi connectivity index (χ1n) is 5.50. The monoisotopic (exact) mass is 262 g/mol. The third-order valence-electron chi connectivity index (χ3n) is 2.83. The van der Waals surface area contributed by atoms with Crippen molar-refractivity contribution in [2.75, 3.05) is 17.7 Å². The number of fused-ring (bicyclic) bond motifs is 1. The molecule has 1 aromatic carbocycles. The van der Waals surface area contributed by atoms with Crippen molar-refractivity contribution in [1.82, 2.24) is 9.97 Å². The first-order chi connectivity index (χ1) is 8.75. The number of nitrogens with two attached hydrogens (primary N) is 1. The number of para-hydroxylation sites is 1. The Morgan fingerprint density at radius 3 is 3.06 bits per heavy atom. The zero-order chi connectivity index (χ0) is 12.5. The molecule has 0 amide bonds. The number of ether oxygens (including phenoxy) is 1. The number of hydrogen-bond acceptors (Lipinski definition) is 5. The van der Waals surface area contributed by atoms with Crippen molar-refractivity contribution in [1.29, 1.82) is 0 Å². The molecule has 0 bridgehead atoms. The van der Waals surface area contributed by atoms with E-state index in [1.54, 1.807) is 0 Å². The number of aromatic nitrogens is 2. The van der Waals surface area contributed by atoms with E-state index in [2.05, 4.69) is 15.3 Å². The molecular weight excluding hydrogens is 252 g/mol. The molecule has 3 rings (SSSR count). The lowest BCUT2D eigenvalue weighted by Crippen LogP contribution is -2.14. The van der Waals surface area contributed by atoms with Crippen LogP contribution in [0.15, 0.2) is 30.6 Å². The summed E-state index contributed by atoms with van der Waals surface area (Å²) >= 11 is 6.05. The average molecular weight is 263 g/mol. The molecule has 92 valence electrons. The van der Waals surface area contributed by atoms with Crippen LogP contribution in [0.25, 0.3) is 0 Å². The van der Waals surface area contributed by atoms with Crippen LogP contribution in [0.4, 0.5) is 11.6 Å². The van der Waals surface area contributed by atoms with Crippen LogP contribution in [-0.2, 0) is 0 Å². The van der Waals surface area contributed by atoms with E-state index in [0.717, 1.165) is 11.3 Å². The second kappa shape index (κ2) is 4.34. The van der Waals surface area contributed by atoms with Crippen LogP contribution in [0.5, 0.6) is 5.75 Å². The highest BCUT2D eigenvalue weighted by Gasteiger charge is 2.24. The number of nitrogens with zero attached hydrogens (tertiary/aromatic N) is 2. The van der Waals surface area contributed by atoms with Crippen molar-refractivity contribution >= 4 is 23.2 Å². The number of halogens is 1. The van der Waals surface area contributed by atoms with Crippen LogP contribution in [0.1, 0.15) is 11.6 Å². The minimum absolute atomic E-state index is 0.0213. The van der Waals surface area contributed by atoms with Crippen molar-refractivity contribution in [2.24, 2.45) is 0 Å². The number of nitrogens with one attached hydrogen (secondary N) is 1. The molecule has 0 saturated heterocycles. The van der Waals surface area contributed by atoms with Gasteiger partial charge in [0.25, 0.3) is 0 Å². The Morgan fingerprint density at radius 1 is 1.33 bits per heavy atom. The Balaban J connectivity index is 1.89. The molecule has 0 saturated carbocycles. The Morgan fingerprint density at radius 2 is 2.17 bits per heavy atom. The zero-order valence-electron chi connectivity index (χ0n) is 9.43. The van der Waals surface area contributed by atoms with Crippen LogP contribution in [0.3, 0.4) is 0 Å². The van der Waals surface area contributed by atoms with Crippen molar-refractivity contribution in [3.05, 3.63) is 41.2 Å². The van der Waals surface area contributed by atoms with Crippen LogP contribution < -0.4 is 15.8 Å². The molecule has 5 nitrogen and oxygen atoms in total. The van der Waals surface area contributed by atoms with Gasteiger partial charge < -0.3 is 15.8 Å². The van der Waals surface area contributed by atoms with Gasteiger partial charge in [0.15, 0.2) is 5.82 Å². The summed E-state index contributed by atoms with van der Waals surface area (Å²) in [6.07, 6.45) is 1.38. The highest BCUT2D eigenvalue weighted by atomic mass is 35.5. The van der Waals surface area contributed by atoms with E-state index < -0.39 is 0 Å². The maximum absolute atomic E-state index is 6.05.